The summed E-state index contributed by atoms with van der Waals surface area (Å²) in [6.07, 6.45) is 5.05. The monoisotopic (exact) mass is 348 g/mol. The number of nitrogens with one attached hydrogen (secondary N) is 2. The minimum absolute atomic E-state index is 0.0410. The molecule has 1 heterocycles. The quantitative estimate of drug-likeness (QED) is 0.612. The van der Waals surface area contributed by atoms with Gasteiger partial charge in [0.25, 0.3) is 0 Å². The van der Waals surface area contributed by atoms with Gasteiger partial charge in [-0.2, -0.15) is 0 Å². The highest BCUT2D eigenvalue weighted by Crippen LogP contribution is 2.29. The van der Waals surface area contributed by atoms with E-state index in [1.54, 1.807) is 19.2 Å². The van der Waals surface area contributed by atoms with E-state index in [1.807, 2.05) is 6.92 Å². The molecule has 2 aliphatic rings. The van der Waals surface area contributed by atoms with Crippen LogP contribution in [-0.4, -0.2) is 55.7 Å². The van der Waals surface area contributed by atoms with Crippen molar-refractivity contribution in [3.8, 4) is 5.75 Å². The molecular formula is C19H29FN4O. The Morgan fingerprint density at radius 3 is 2.52 bits per heavy atom. The summed E-state index contributed by atoms with van der Waals surface area (Å²) in [5.41, 5.74) is 0. The Labute approximate surface area is 149 Å². The number of rotatable bonds is 6. The van der Waals surface area contributed by atoms with Crippen LogP contribution in [0.2, 0.25) is 0 Å². The summed E-state index contributed by atoms with van der Waals surface area (Å²) in [5, 5.41) is 6.84. The number of likely N-dealkylation sites (tertiary alicyclic amines) is 1. The van der Waals surface area contributed by atoms with Gasteiger partial charge in [-0.25, -0.2) is 4.39 Å². The van der Waals surface area contributed by atoms with Gasteiger partial charge in [-0.15, -0.1) is 0 Å². The van der Waals surface area contributed by atoms with E-state index < -0.39 is 0 Å². The summed E-state index contributed by atoms with van der Waals surface area (Å²) in [6, 6.07) is 7.45. The SMILES string of the molecule is CN=C(NCC(C)Oc1ccc(F)cc1)NC1CCN(C2CC2)CC1. The average molecular weight is 348 g/mol. The van der Waals surface area contributed by atoms with E-state index in [2.05, 4.69) is 20.5 Å². The highest BCUT2D eigenvalue weighted by Gasteiger charge is 2.31. The molecule has 1 aliphatic carbocycles. The maximum absolute atomic E-state index is 12.9. The van der Waals surface area contributed by atoms with E-state index in [4.69, 9.17) is 4.74 Å². The smallest absolute Gasteiger partial charge is 0.191 e. The minimum atomic E-state index is -0.254. The van der Waals surface area contributed by atoms with Gasteiger partial charge < -0.3 is 20.3 Å². The standard InChI is InChI=1S/C19H29FN4O/c1-14(25-18-7-3-15(20)4-8-18)13-22-19(21-2)23-16-9-11-24(12-10-16)17-5-6-17/h3-4,7-8,14,16-17H,5-6,9-13H2,1-2H3,(H2,21,22,23). The molecule has 2 N–H and O–H groups in total. The Morgan fingerprint density at radius 2 is 1.92 bits per heavy atom. The molecule has 0 radical (unpaired) electrons. The lowest BCUT2D eigenvalue weighted by Crippen LogP contribution is -2.50. The van der Waals surface area contributed by atoms with Gasteiger partial charge in [-0.1, -0.05) is 0 Å². The van der Waals surface area contributed by atoms with Crippen molar-refractivity contribution < 1.29 is 9.13 Å². The van der Waals surface area contributed by atoms with Crippen molar-refractivity contribution >= 4 is 5.96 Å². The van der Waals surface area contributed by atoms with Crippen molar-refractivity contribution in [3.63, 3.8) is 0 Å². The summed E-state index contributed by atoms with van der Waals surface area (Å²) in [4.78, 5) is 6.93. The highest BCUT2D eigenvalue weighted by atomic mass is 19.1. The van der Waals surface area contributed by atoms with Crippen LogP contribution in [0.4, 0.5) is 4.39 Å². The first kappa shape index (κ1) is 18.0. The molecule has 3 rings (SSSR count). The Kier molecular flexibility index (Phi) is 6.13. The molecule has 1 saturated heterocycles. The van der Waals surface area contributed by atoms with Gasteiger partial charge in [0, 0.05) is 32.2 Å². The van der Waals surface area contributed by atoms with Crippen LogP contribution < -0.4 is 15.4 Å². The maximum Gasteiger partial charge on any atom is 0.191 e. The first-order valence-electron chi connectivity index (χ1n) is 9.27. The van der Waals surface area contributed by atoms with Crippen LogP contribution in [0, 0.1) is 5.82 Å². The molecule has 1 unspecified atom stereocenters. The largest absolute Gasteiger partial charge is 0.489 e. The predicted molar refractivity (Wildman–Crippen MR) is 98.6 cm³/mol. The molecule has 2 fully saturated rings. The van der Waals surface area contributed by atoms with Gasteiger partial charge in [0.05, 0.1) is 6.54 Å². The van der Waals surface area contributed by atoms with Gasteiger partial charge in [0.1, 0.15) is 17.7 Å². The molecular weight excluding hydrogens is 319 g/mol. The molecule has 6 heteroatoms. The fourth-order valence-electron chi connectivity index (χ4n) is 3.26. The maximum atomic E-state index is 12.9. The topological polar surface area (TPSA) is 48.9 Å². The zero-order chi connectivity index (χ0) is 17.6. The number of aliphatic imine (C=N–C) groups is 1. The normalized spacial score (nSPS) is 21.0. The van der Waals surface area contributed by atoms with E-state index in [0.717, 1.165) is 12.0 Å². The van der Waals surface area contributed by atoms with Gasteiger partial charge in [0.15, 0.2) is 5.96 Å². The molecule has 0 bridgehead atoms. The van der Waals surface area contributed by atoms with E-state index >= 15 is 0 Å². The molecule has 25 heavy (non-hydrogen) atoms. The summed E-state index contributed by atoms with van der Waals surface area (Å²) < 4.78 is 18.7. The second kappa shape index (κ2) is 8.52. The van der Waals surface area contributed by atoms with Crippen molar-refractivity contribution in [2.24, 2.45) is 4.99 Å². The molecule has 0 spiro atoms. The molecule has 1 aromatic rings. The summed E-state index contributed by atoms with van der Waals surface area (Å²) >= 11 is 0. The Morgan fingerprint density at radius 1 is 1.24 bits per heavy atom. The predicted octanol–water partition coefficient (Wildman–Crippen LogP) is 2.38. The number of guanidine groups is 1. The summed E-state index contributed by atoms with van der Waals surface area (Å²) in [7, 11) is 1.79. The van der Waals surface area contributed by atoms with Crippen LogP contribution in [0.1, 0.15) is 32.6 Å². The summed E-state index contributed by atoms with van der Waals surface area (Å²) in [5.74, 6) is 1.24. The average Bonchev–Trinajstić information content (AvgIpc) is 3.46. The zero-order valence-corrected chi connectivity index (χ0v) is 15.2. The van der Waals surface area contributed by atoms with Crippen molar-refractivity contribution in [1.29, 1.82) is 0 Å². The molecule has 1 saturated carbocycles. The van der Waals surface area contributed by atoms with Crippen molar-refractivity contribution in [1.82, 2.24) is 15.5 Å². The molecule has 0 aromatic heterocycles. The third-order valence-corrected chi connectivity index (χ3v) is 4.87. The number of ether oxygens (including phenoxy) is 1. The Balaban J connectivity index is 1.37. The third kappa shape index (κ3) is 5.59. The van der Waals surface area contributed by atoms with Gasteiger partial charge in [-0.05, 0) is 56.9 Å². The summed E-state index contributed by atoms with van der Waals surface area (Å²) in [6.45, 7) is 4.99. The molecule has 1 atom stereocenters. The number of halogens is 1. The molecule has 138 valence electrons. The molecule has 1 aromatic carbocycles. The van der Waals surface area contributed by atoms with Crippen LogP contribution in [0.5, 0.6) is 5.75 Å². The third-order valence-electron chi connectivity index (χ3n) is 4.87. The molecule has 1 aliphatic heterocycles. The second-order valence-electron chi connectivity index (χ2n) is 7.02. The fourth-order valence-corrected chi connectivity index (χ4v) is 3.26. The van der Waals surface area contributed by atoms with Gasteiger partial charge in [-0.3, -0.25) is 4.99 Å². The first-order chi connectivity index (χ1) is 12.1. The van der Waals surface area contributed by atoms with Crippen LogP contribution in [0.3, 0.4) is 0 Å². The van der Waals surface area contributed by atoms with Crippen molar-refractivity contribution in [2.45, 2.75) is 50.8 Å². The van der Waals surface area contributed by atoms with E-state index in [0.29, 0.717) is 18.3 Å². The highest BCUT2D eigenvalue weighted by molar-refractivity contribution is 5.80. The van der Waals surface area contributed by atoms with E-state index in [-0.39, 0.29) is 11.9 Å². The van der Waals surface area contributed by atoms with Gasteiger partial charge in [0.2, 0.25) is 0 Å². The fraction of sp³-hybridized carbons (Fsp3) is 0.632. The lowest BCUT2D eigenvalue weighted by Gasteiger charge is -2.33. The number of hydrogen-bond donors (Lipinski definition) is 2. The number of benzene rings is 1. The first-order valence-corrected chi connectivity index (χ1v) is 9.27. The Hall–Kier alpha value is -1.82. The molecule has 5 nitrogen and oxygen atoms in total. The van der Waals surface area contributed by atoms with Gasteiger partial charge >= 0.3 is 0 Å². The lowest BCUT2D eigenvalue weighted by molar-refractivity contribution is 0.196. The second-order valence-corrected chi connectivity index (χ2v) is 7.02. The number of nitrogens with zero attached hydrogens (tertiary/aromatic N) is 2. The minimum Gasteiger partial charge on any atom is -0.489 e. The number of piperidine rings is 1. The van der Waals surface area contributed by atoms with Crippen LogP contribution >= 0.6 is 0 Å². The lowest BCUT2D eigenvalue weighted by atomic mass is 10.1. The van der Waals surface area contributed by atoms with E-state index in [1.165, 1.54) is 50.9 Å². The molecule has 0 amide bonds. The van der Waals surface area contributed by atoms with Crippen LogP contribution in [0.25, 0.3) is 0 Å². The Bertz CT molecular complexity index is 565. The van der Waals surface area contributed by atoms with Crippen molar-refractivity contribution in [2.75, 3.05) is 26.7 Å². The zero-order valence-electron chi connectivity index (χ0n) is 15.2. The van der Waals surface area contributed by atoms with Crippen molar-refractivity contribution in [3.05, 3.63) is 30.1 Å². The van der Waals surface area contributed by atoms with Crippen LogP contribution in [-0.2, 0) is 0 Å². The van der Waals surface area contributed by atoms with Crippen LogP contribution in [0.15, 0.2) is 29.3 Å². The van der Waals surface area contributed by atoms with E-state index in [9.17, 15) is 4.39 Å². The number of hydrogen-bond acceptors (Lipinski definition) is 3.